The molecule has 9 nitrogen and oxygen atoms in total. The van der Waals surface area contributed by atoms with E-state index in [1.807, 2.05) is 0 Å². The SMILES string of the molecule is CC(=O)OC[C@H]1OC2SC(=NCCC(F)F)NC2[C@@H](OC(C)=O)[C@@H]1OC(C)=O. The second-order valence-corrected chi connectivity index (χ2v) is 7.24. The van der Waals surface area contributed by atoms with Crippen molar-refractivity contribution in [1.82, 2.24) is 5.32 Å². The van der Waals surface area contributed by atoms with Crippen molar-refractivity contribution >= 4 is 34.8 Å². The number of amidine groups is 1. The van der Waals surface area contributed by atoms with E-state index in [2.05, 4.69) is 10.3 Å². The molecule has 2 unspecified atom stereocenters. The monoisotopic (exact) mass is 424 g/mol. The van der Waals surface area contributed by atoms with Crippen molar-refractivity contribution in [2.24, 2.45) is 4.99 Å². The van der Waals surface area contributed by atoms with Crippen LogP contribution in [0.3, 0.4) is 0 Å². The van der Waals surface area contributed by atoms with Crippen LogP contribution in [0.4, 0.5) is 8.78 Å². The van der Waals surface area contributed by atoms with E-state index in [-0.39, 0.29) is 19.6 Å². The van der Waals surface area contributed by atoms with Gasteiger partial charge in [0.2, 0.25) is 6.43 Å². The standard InChI is InChI=1S/C16H22F2N2O7S/c1-7(21)24-6-10-13(25-8(2)22)14(26-9(3)23)12-15(27-10)28-16(20-12)19-5-4-11(17)18/h10-15H,4-6H2,1-3H3,(H,19,20)/t10-,12?,13-,14-,15?/m1/s1. The van der Waals surface area contributed by atoms with Gasteiger partial charge in [0.25, 0.3) is 0 Å². The van der Waals surface area contributed by atoms with Gasteiger partial charge in [-0.15, -0.1) is 0 Å². The van der Waals surface area contributed by atoms with Crippen molar-refractivity contribution in [2.75, 3.05) is 13.2 Å². The number of fused-ring (bicyclic) bond motifs is 1. The Balaban J connectivity index is 2.21. The van der Waals surface area contributed by atoms with Gasteiger partial charge in [-0.1, -0.05) is 11.8 Å². The Hall–Kier alpha value is -1.95. The molecule has 0 bridgehead atoms. The Morgan fingerprint density at radius 2 is 1.79 bits per heavy atom. The summed E-state index contributed by atoms with van der Waals surface area (Å²) in [7, 11) is 0. The molecule has 5 atom stereocenters. The number of esters is 3. The molecule has 2 saturated heterocycles. The first-order valence-corrected chi connectivity index (χ1v) is 9.44. The number of carbonyl (C=O) groups excluding carboxylic acids is 3. The Bertz CT molecular complexity index is 634. The number of nitrogens with one attached hydrogen (secondary N) is 1. The van der Waals surface area contributed by atoms with Crippen molar-refractivity contribution < 1.29 is 42.1 Å². The number of alkyl halides is 2. The van der Waals surface area contributed by atoms with E-state index in [4.69, 9.17) is 18.9 Å². The Morgan fingerprint density at radius 3 is 2.36 bits per heavy atom. The van der Waals surface area contributed by atoms with Crippen LogP contribution < -0.4 is 5.32 Å². The third-order valence-corrected chi connectivity index (χ3v) is 4.93. The van der Waals surface area contributed by atoms with Crippen LogP contribution in [0.15, 0.2) is 4.99 Å². The van der Waals surface area contributed by atoms with Gasteiger partial charge < -0.3 is 24.3 Å². The third-order valence-electron chi connectivity index (χ3n) is 3.82. The highest BCUT2D eigenvalue weighted by Crippen LogP contribution is 2.36. The molecular formula is C16H22F2N2O7S. The Kier molecular flexibility index (Phi) is 7.98. The summed E-state index contributed by atoms with van der Waals surface area (Å²) in [6, 6.07) is -0.628. The van der Waals surface area contributed by atoms with E-state index in [0.29, 0.717) is 5.17 Å². The van der Waals surface area contributed by atoms with Crippen LogP contribution in [-0.4, -0.2) is 72.4 Å². The fourth-order valence-corrected chi connectivity index (χ4v) is 3.95. The van der Waals surface area contributed by atoms with Gasteiger partial charge in [-0.3, -0.25) is 19.4 Å². The van der Waals surface area contributed by atoms with Crippen LogP contribution >= 0.6 is 11.8 Å². The molecule has 0 saturated carbocycles. The predicted octanol–water partition coefficient (Wildman–Crippen LogP) is 0.854. The molecule has 2 aliphatic heterocycles. The minimum Gasteiger partial charge on any atom is -0.463 e. The molecule has 2 fully saturated rings. The lowest BCUT2D eigenvalue weighted by Crippen LogP contribution is -2.62. The van der Waals surface area contributed by atoms with Gasteiger partial charge in [-0.25, -0.2) is 8.78 Å². The second kappa shape index (κ2) is 10.0. The highest BCUT2D eigenvalue weighted by atomic mass is 32.2. The predicted molar refractivity (Wildman–Crippen MR) is 93.8 cm³/mol. The van der Waals surface area contributed by atoms with Crippen molar-refractivity contribution in [3.63, 3.8) is 0 Å². The van der Waals surface area contributed by atoms with Gasteiger partial charge in [0.15, 0.2) is 17.4 Å². The largest absolute Gasteiger partial charge is 0.463 e. The van der Waals surface area contributed by atoms with Crippen LogP contribution in [0.2, 0.25) is 0 Å². The molecule has 0 aromatic carbocycles. The quantitative estimate of drug-likeness (QED) is 0.469. The van der Waals surface area contributed by atoms with Crippen molar-refractivity contribution in [3.05, 3.63) is 0 Å². The van der Waals surface area contributed by atoms with E-state index in [1.165, 1.54) is 20.8 Å². The van der Waals surface area contributed by atoms with E-state index in [0.717, 1.165) is 11.8 Å². The van der Waals surface area contributed by atoms with Crippen LogP contribution in [0.25, 0.3) is 0 Å². The summed E-state index contributed by atoms with van der Waals surface area (Å²) in [5, 5.41) is 3.33. The van der Waals surface area contributed by atoms with E-state index in [9.17, 15) is 23.2 Å². The average Bonchev–Trinajstić information content (AvgIpc) is 2.96. The first-order valence-electron chi connectivity index (χ1n) is 8.56. The first-order chi connectivity index (χ1) is 13.2. The molecule has 158 valence electrons. The number of thioether (sulfide) groups is 1. The normalized spacial score (nSPS) is 30.5. The van der Waals surface area contributed by atoms with Gasteiger partial charge in [0.1, 0.15) is 24.2 Å². The summed E-state index contributed by atoms with van der Waals surface area (Å²) in [6.45, 7) is 3.31. The molecule has 28 heavy (non-hydrogen) atoms. The molecule has 2 aliphatic rings. The lowest BCUT2D eigenvalue weighted by molar-refractivity contribution is -0.209. The Morgan fingerprint density at radius 1 is 1.14 bits per heavy atom. The maximum absolute atomic E-state index is 12.3. The van der Waals surface area contributed by atoms with E-state index < -0.39 is 54.1 Å². The van der Waals surface area contributed by atoms with Gasteiger partial charge >= 0.3 is 17.9 Å². The fourth-order valence-electron chi connectivity index (χ4n) is 2.79. The third kappa shape index (κ3) is 6.30. The molecule has 0 aliphatic carbocycles. The fraction of sp³-hybridized carbons (Fsp3) is 0.750. The van der Waals surface area contributed by atoms with Crippen LogP contribution in [-0.2, 0) is 33.3 Å². The highest BCUT2D eigenvalue weighted by Gasteiger charge is 2.53. The smallest absolute Gasteiger partial charge is 0.303 e. The summed E-state index contributed by atoms with van der Waals surface area (Å²) in [5.41, 5.74) is -0.609. The number of nitrogens with zero attached hydrogens (tertiary/aromatic N) is 1. The van der Waals surface area contributed by atoms with Crippen molar-refractivity contribution in [2.45, 2.75) is 63.4 Å². The van der Waals surface area contributed by atoms with Crippen molar-refractivity contribution in [3.8, 4) is 0 Å². The minimum atomic E-state index is -2.47. The average molecular weight is 424 g/mol. The summed E-state index contributed by atoms with van der Waals surface area (Å²) in [6.07, 6.45) is -5.72. The zero-order valence-corrected chi connectivity index (χ0v) is 16.4. The molecular weight excluding hydrogens is 402 g/mol. The minimum absolute atomic E-state index is 0.0884. The first kappa shape index (κ1) is 22.3. The van der Waals surface area contributed by atoms with E-state index in [1.54, 1.807) is 0 Å². The summed E-state index contributed by atoms with van der Waals surface area (Å²) < 4.78 is 46.1. The molecule has 2 rings (SSSR count). The lowest BCUT2D eigenvalue weighted by Gasteiger charge is -2.41. The van der Waals surface area contributed by atoms with Crippen molar-refractivity contribution in [1.29, 1.82) is 0 Å². The van der Waals surface area contributed by atoms with Gasteiger partial charge in [-0.2, -0.15) is 0 Å². The maximum Gasteiger partial charge on any atom is 0.303 e. The number of ether oxygens (including phenoxy) is 4. The number of hydrogen-bond acceptors (Lipinski definition) is 9. The summed E-state index contributed by atoms with van der Waals surface area (Å²) >= 11 is 1.14. The van der Waals surface area contributed by atoms with Gasteiger partial charge in [-0.05, 0) is 0 Å². The molecule has 0 aromatic heterocycles. The summed E-state index contributed by atoms with van der Waals surface area (Å²) in [4.78, 5) is 38.4. The second-order valence-electron chi connectivity index (χ2n) is 6.15. The molecule has 2 heterocycles. The number of hydrogen-bond donors (Lipinski definition) is 1. The Labute approximate surface area is 164 Å². The van der Waals surface area contributed by atoms with Gasteiger partial charge in [0, 0.05) is 33.7 Å². The van der Waals surface area contributed by atoms with E-state index >= 15 is 0 Å². The van der Waals surface area contributed by atoms with Crippen LogP contribution in [0, 0.1) is 0 Å². The molecule has 0 radical (unpaired) electrons. The molecule has 12 heteroatoms. The lowest BCUT2D eigenvalue weighted by atomic mass is 9.97. The number of rotatable bonds is 7. The maximum atomic E-state index is 12.3. The topological polar surface area (TPSA) is 113 Å². The van der Waals surface area contributed by atoms with Crippen LogP contribution in [0.1, 0.15) is 27.2 Å². The zero-order valence-electron chi connectivity index (χ0n) is 15.6. The number of carbonyl (C=O) groups is 3. The van der Waals surface area contributed by atoms with Crippen LogP contribution in [0.5, 0.6) is 0 Å². The molecule has 1 N–H and O–H groups in total. The highest BCUT2D eigenvalue weighted by molar-refractivity contribution is 8.14. The molecule has 0 spiro atoms. The summed E-state index contributed by atoms with van der Waals surface area (Å²) in [5.74, 6) is -1.79. The molecule has 0 aromatic rings. The number of halogens is 2. The molecule has 0 amide bonds. The van der Waals surface area contributed by atoms with Gasteiger partial charge in [0.05, 0.1) is 0 Å². The zero-order chi connectivity index (χ0) is 20.8. The number of aliphatic imine (C=N–C) groups is 1.